The molecule has 1 atom stereocenters. The monoisotopic (exact) mass is 285 g/mol. The number of hydrogen-bond donors (Lipinski definition) is 1. The van der Waals surface area contributed by atoms with Gasteiger partial charge in [0.05, 0.1) is 5.25 Å². The van der Waals surface area contributed by atoms with Gasteiger partial charge in [0.15, 0.2) is 0 Å². The van der Waals surface area contributed by atoms with E-state index in [0.717, 1.165) is 11.5 Å². The Morgan fingerprint density at radius 3 is 2.90 bits per heavy atom. The largest absolute Gasteiger partial charge is 0.489 e. The Balaban J connectivity index is 2.10. The van der Waals surface area contributed by atoms with Gasteiger partial charge in [0, 0.05) is 17.9 Å². The van der Waals surface area contributed by atoms with Crippen LogP contribution >= 0.6 is 11.8 Å². The molecule has 2 aromatic rings. The summed E-state index contributed by atoms with van der Waals surface area (Å²) in [4.78, 5) is 0. The van der Waals surface area contributed by atoms with E-state index in [0.29, 0.717) is 18.4 Å². The van der Waals surface area contributed by atoms with Crippen LogP contribution in [0.3, 0.4) is 0 Å². The molecule has 20 heavy (non-hydrogen) atoms. The van der Waals surface area contributed by atoms with Gasteiger partial charge in [-0.15, -0.1) is 11.8 Å². The average Bonchev–Trinajstić information content (AvgIpc) is 2.62. The van der Waals surface area contributed by atoms with Crippen molar-refractivity contribution in [2.24, 2.45) is 5.73 Å². The van der Waals surface area contributed by atoms with E-state index in [1.807, 2.05) is 11.8 Å². The predicted molar refractivity (Wildman–Crippen MR) is 85.3 cm³/mol. The number of aryl methyl sites for hydroxylation is 1. The lowest BCUT2D eigenvalue weighted by atomic mass is 9.99. The molecule has 3 rings (SSSR count). The molecule has 2 aromatic carbocycles. The zero-order chi connectivity index (χ0) is 13.9. The molecule has 2 N–H and O–H groups in total. The second kappa shape index (κ2) is 5.90. The van der Waals surface area contributed by atoms with E-state index >= 15 is 0 Å². The second-order valence-electron chi connectivity index (χ2n) is 5.07. The maximum absolute atomic E-state index is 6.00. The predicted octanol–water partition coefficient (Wildman–Crippen LogP) is 3.67. The van der Waals surface area contributed by atoms with Crippen LogP contribution in [0.15, 0.2) is 42.5 Å². The molecule has 3 heteroatoms. The molecule has 0 bridgehead atoms. The summed E-state index contributed by atoms with van der Waals surface area (Å²) >= 11 is 1.90. The number of rotatable bonds is 3. The average molecular weight is 285 g/mol. The summed E-state index contributed by atoms with van der Waals surface area (Å²) < 4.78 is 6.00. The van der Waals surface area contributed by atoms with Crippen LogP contribution in [-0.4, -0.2) is 12.3 Å². The highest BCUT2D eigenvalue weighted by atomic mass is 32.2. The van der Waals surface area contributed by atoms with Crippen LogP contribution in [0.5, 0.6) is 5.75 Å². The fourth-order valence-corrected chi connectivity index (χ4v) is 3.76. The van der Waals surface area contributed by atoms with Crippen molar-refractivity contribution in [1.82, 2.24) is 0 Å². The van der Waals surface area contributed by atoms with Crippen molar-refractivity contribution in [1.29, 1.82) is 0 Å². The van der Waals surface area contributed by atoms with Crippen molar-refractivity contribution in [3.63, 3.8) is 0 Å². The van der Waals surface area contributed by atoms with E-state index < -0.39 is 0 Å². The van der Waals surface area contributed by atoms with E-state index in [9.17, 15) is 0 Å². The third-order valence-corrected chi connectivity index (χ3v) is 4.88. The van der Waals surface area contributed by atoms with Crippen molar-refractivity contribution in [2.75, 3.05) is 12.3 Å². The Bertz CT molecular complexity index is 612. The van der Waals surface area contributed by atoms with Gasteiger partial charge in [-0.2, -0.15) is 0 Å². The third-order valence-electron chi connectivity index (χ3n) is 3.57. The molecule has 0 unspecified atom stereocenters. The molecule has 0 radical (unpaired) electrons. The van der Waals surface area contributed by atoms with Gasteiger partial charge in [0.1, 0.15) is 12.4 Å². The van der Waals surface area contributed by atoms with Crippen LogP contribution in [0, 0.1) is 6.92 Å². The van der Waals surface area contributed by atoms with Crippen molar-refractivity contribution in [3.05, 3.63) is 64.7 Å². The molecule has 1 heterocycles. The number of benzene rings is 2. The molecular weight excluding hydrogens is 266 g/mol. The summed E-state index contributed by atoms with van der Waals surface area (Å²) in [5.74, 6) is 1.95. The summed E-state index contributed by atoms with van der Waals surface area (Å²) in [7, 11) is 0. The SMILES string of the molecule is Cc1ccc2c(c1)[C@@H](SCCN)c1ccccc1CO2. The number of hydrogen-bond acceptors (Lipinski definition) is 3. The maximum atomic E-state index is 6.00. The lowest BCUT2D eigenvalue weighted by Gasteiger charge is -2.18. The van der Waals surface area contributed by atoms with Crippen molar-refractivity contribution >= 4 is 11.8 Å². The van der Waals surface area contributed by atoms with Gasteiger partial charge in [-0.1, -0.05) is 42.0 Å². The summed E-state index contributed by atoms with van der Waals surface area (Å²) in [5, 5.41) is 0.312. The van der Waals surface area contributed by atoms with E-state index in [-0.39, 0.29) is 0 Å². The topological polar surface area (TPSA) is 35.2 Å². The zero-order valence-electron chi connectivity index (χ0n) is 11.6. The van der Waals surface area contributed by atoms with Crippen LogP contribution in [0.25, 0.3) is 0 Å². The molecule has 0 saturated heterocycles. The molecule has 1 aliphatic rings. The van der Waals surface area contributed by atoms with Gasteiger partial charge in [0.2, 0.25) is 0 Å². The maximum Gasteiger partial charge on any atom is 0.124 e. The van der Waals surface area contributed by atoms with Crippen LogP contribution in [0.1, 0.15) is 27.5 Å². The molecule has 0 amide bonds. The highest BCUT2D eigenvalue weighted by Gasteiger charge is 2.24. The van der Waals surface area contributed by atoms with E-state index in [1.165, 1.54) is 22.3 Å². The van der Waals surface area contributed by atoms with E-state index in [4.69, 9.17) is 10.5 Å². The summed E-state index contributed by atoms with van der Waals surface area (Å²) in [6, 6.07) is 15.0. The number of ether oxygens (including phenoxy) is 1. The Labute approximate surface area is 124 Å². The van der Waals surface area contributed by atoms with Crippen molar-refractivity contribution in [2.45, 2.75) is 18.8 Å². The van der Waals surface area contributed by atoms with Crippen LogP contribution < -0.4 is 10.5 Å². The highest BCUT2D eigenvalue weighted by molar-refractivity contribution is 7.99. The lowest BCUT2D eigenvalue weighted by molar-refractivity contribution is 0.307. The third kappa shape index (κ3) is 2.56. The molecule has 104 valence electrons. The van der Waals surface area contributed by atoms with Gasteiger partial charge in [0.25, 0.3) is 0 Å². The summed E-state index contributed by atoms with van der Waals surface area (Å²) in [6.45, 7) is 3.47. The smallest absolute Gasteiger partial charge is 0.124 e. The molecule has 1 aliphatic heterocycles. The first kappa shape index (κ1) is 13.5. The van der Waals surface area contributed by atoms with E-state index in [1.54, 1.807) is 0 Å². The van der Waals surface area contributed by atoms with Crippen LogP contribution in [0.4, 0.5) is 0 Å². The highest BCUT2D eigenvalue weighted by Crippen LogP contribution is 2.44. The quantitative estimate of drug-likeness (QED) is 0.934. The molecule has 0 spiro atoms. The summed E-state index contributed by atoms with van der Waals surface area (Å²) in [6.07, 6.45) is 0. The van der Waals surface area contributed by atoms with Crippen molar-refractivity contribution in [3.8, 4) is 5.75 Å². The molecule has 0 saturated carbocycles. The Kier molecular flexibility index (Phi) is 3.99. The number of nitrogens with two attached hydrogens (primary N) is 1. The Hall–Kier alpha value is -1.45. The van der Waals surface area contributed by atoms with Gasteiger partial charge >= 0.3 is 0 Å². The first-order valence-corrected chi connectivity index (χ1v) is 7.97. The number of fused-ring (bicyclic) bond motifs is 2. The van der Waals surface area contributed by atoms with Crippen molar-refractivity contribution < 1.29 is 4.74 Å². The van der Waals surface area contributed by atoms with Gasteiger partial charge in [-0.3, -0.25) is 0 Å². The van der Waals surface area contributed by atoms with Gasteiger partial charge in [-0.05, 0) is 24.1 Å². The molecule has 0 aromatic heterocycles. The Morgan fingerprint density at radius 1 is 1.20 bits per heavy atom. The minimum absolute atomic E-state index is 0.312. The van der Waals surface area contributed by atoms with Gasteiger partial charge < -0.3 is 10.5 Å². The van der Waals surface area contributed by atoms with E-state index in [2.05, 4.69) is 49.4 Å². The molecule has 0 aliphatic carbocycles. The Morgan fingerprint density at radius 2 is 2.05 bits per heavy atom. The van der Waals surface area contributed by atoms with Gasteiger partial charge in [-0.25, -0.2) is 0 Å². The normalized spacial score (nSPS) is 16.8. The minimum atomic E-state index is 0.312. The standard InChI is InChI=1S/C17H19NOS/c1-12-6-7-16-15(10-12)17(20-9-8-18)14-5-3-2-4-13(14)11-19-16/h2-7,10,17H,8-9,11,18H2,1H3/t17-/m0/s1. The molecular formula is C17H19NOS. The second-order valence-corrected chi connectivity index (χ2v) is 6.28. The minimum Gasteiger partial charge on any atom is -0.489 e. The fraction of sp³-hybridized carbons (Fsp3) is 0.294. The van der Waals surface area contributed by atoms with Crippen LogP contribution in [-0.2, 0) is 6.61 Å². The summed E-state index contributed by atoms with van der Waals surface area (Å²) in [5.41, 5.74) is 10.9. The fourth-order valence-electron chi connectivity index (χ4n) is 2.61. The number of thioether (sulfide) groups is 1. The molecule has 0 fully saturated rings. The van der Waals surface area contributed by atoms with Crippen LogP contribution in [0.2, 0.25) is 0 Å². The first-order chi connectivity index (χ1) is 9.79. The zero-order valence-corrected chi connectivity index (χ0v) is 12.5. The lowest BCUT2D eigenvalue weighted by Crippen LogP contribution is -2.06. The first-order valence-electron chi connectivity index (χ1n) is 6.92. The molecule has 2 nitrogen and oxygen atoms in total.